The first-order chi connectivity index (χ1) is 5.21. The van der Waals surface area contributed by atoms with Gasteiger partial charge < -0.3 is 17.7 Å². The monoisotopic (exact) mass is 199 g/mol. The Bertz CT molecular complexity index is 116. The normalized spacial score (nSPS) is 13.5. The van der Waals surface area contributed by atoms with Crippen molar-refractivity contribution in [1.29, 1.82) is 0 Å². The molecule has 0 heterocycles. The molecule has 0 saturated carbocycles. The van der Waals surface area contributed by atoms with Gasteiger partial charge in [-0.2, -0.15) is 0 Å². The van der Waals surface area contributed by atoms with E-state index in [0.717, 1.165) is 6.04 Å². The number of rotatable bonds is 5. The van der Waals surface area contributed by atoms with Gasteiger partial charge in [0.25, 0.3) is 0 Å². The molecule has 0 fully saturated rings. The molecule has 0 aliphatic heterocycles. The third kappa shape index (κ3) is 10.0. The van der Waals surface area contributed by atoms with Gasteiger partial charge in [-0.1, -0.05) is 19.6 Å². The zero-order valence-corrected chi connectivity index (χ0v) is 8.74. The van der Waals surface area contributed by atoms with Gasteiger partial charge in [0.2, 0.25) is 0 Å². The van der Waals surface area contributed by atoms with E-state index in [9.17, 15) is 12.9 Å². The maximum atomic E-state index is 11.6. The molecule has 0 atom stereocenters. The summed E-state index contributed by atoms with van der Waals surface area (Å²) in [6.45, 7) is 0.758. The summed E-state index contributed by atoms with van der Waals surface area (Å²) in [7, 11) is -1.24. The minimum atomic E-state index is -4.76. The molecule has 0 saturated heterocycles. The molecule has 12 heavy (non-hydrogen) atoms. The van der Waals surface area contributed by atoms with E-state index in [2.05, 4.69) is 24.4 Å². The summed E-state index contributed by atoms with van der Waals surface area (Å²) in [5, 5.41) is 0. The molecule has 6 heteroatoms. The predicted octanol–water partition coefficient (Wildman–Crippen LogP) is 2.73. The number of hydrogen-bond donors (Lipinski definition) is 0. The van der Waals surface area contributed by atoms with Gasteiger partial charge in [-0.05, 0) is 6.04 Å². The van der Waals surface area contributed by atoms with Gasteiger partial charge in [-0.3, -0.25) is 0 Å². The van der Waals surface area contributed by atoms with E-state index in [-0.39, 0.29) is 6.61 Å². The van der Waals surface area contributed by atoms with Gasteiger partial charge in [-0.15, -0.1) is 0 Å². The summed E-state index contributed by atoms with van der Waals surface area (Å²) in [6.07, 6.45) is 0. The maximum Gasteiger partial charge on any atom is 0.503 e. The van der Waals surface area contributed by atoms with Crippen LogP contribution >= 0.6 is 0 Å². The molecule has 0 spiro atoms. The molecular weight excluding hydrogens is 184 g/mol. The molecule has 0 rings (SSSR count). The Morgan fingerprint density at radius 1 is 1.17 bits per heavy atom. The zero-order valence-electron chi connectivity index (χ0n) is 7.74. The van der Waals surface area contributed by atoms with E-state index in [1.165, 1.54) is 0 Å². The topological polar surface area (TPSA) is 9.23 Å². The van der Waals surface area contributed by atoms with Gasteiger partial charge in [0.05, 0.1) is 0 Å². The molecule has 0 aromatic carbocycles. The van der Waals surface area contributed by atoms with E-state index in [4.69, 9.17) is 0 Å². The highest BCUT2D eigenvalue weighted by atomic mass is 28.3. The van der Waals surface area contributed by atoms with Crippen LogP contribution in [0.15, 0.2) is 0 Å². The number of halogens is 3. The van der Waals surface area contributed by atoms with Crippen LogP contribution in [0.5, 0.6) is 0 Å². The fraction of sp³-hybridized carbons (Fsp3) is 1.00. The molecular formula is C6H15BF3OSi-. The van der Waals surface area contributed by atoms with Crippen molar-refractivity contribution in [3.05, 3.63) is 0 Å². The lowest BCUT2D eigenvalue weighted by molar-refractivity contribution is 0.163. The second-order valence-corrected chi connectivity index (χ2v) is 9.72. The molecule has 0 unspecified atom stereocenters. The van der Waals surface area contributed by atoms with Crippen LogP contribution in [-0.2, 0) is 4.74 Å². The second-order valence-electron chi connectivity index (χ2n) is 4.10. The van der Waals surface area contributed by atoms with Crippen LogP contribution in [0.25, 0.3) is 0 Å². The lowest BCUT2D eigenvalue weighted by Crippen LogP contribution is -2.27. The van der Waals surface area contributed by atoms with Crippen molar-refractivity contribution in [2.45, 2.75) is 25.7 Å². The third-order valence-electron chi connectivity index (χ3n) is 1.30. The van der Waals surface area contributed by atoms with Gasteiger partial charge in [0.15, 0.2) is 0 Å². The lowest BCUT2D eigenvalue weighted by atomic mass is 9.95. The average molecular weight is 199 g/mol. The van der Waals surface area contributed by atoms with Crippen LogP contribution in [0.3, 0.4) is 0 Å². The Labute approximate surface area is 72.4 Å². The smallest absolute Gasteiger partial charge is 0.447 e. The first-order valence-electron chi connectivity index (χ1n) is 3.99. The first kappa shape index (κ1) is 12.0. The fourth-order valence-electron chi connectivity index (χ4n) is 0.595. The summed E-state index contributed by atoms with van der Waals surface area (Å²) in [6, 6.07) is 0.791. The molecule has 0 aromatic rings. The minimum Gasteiger partial charge on any atom is -0.447 e. The van der Waals surface area contributed by atoms with Crippen LogP contribution in [0.4, 0.5) is 12.9 Å². The van der Waals surface area contributed by atoms with Gasteiger partial charge in [0, 0.05) is 21.2 Å². The fourth-order valence-corrected chi connectivity index (χ4v) is 1.35. The van der Waals surface area contributed by atoms with Crippen LogP contribution < -0.4 is 0 Å². The molecule has 0 radical (unpaired) electrons. The summed E-state index contributed by atoms with van der Waals surface area (Å²) >= 11 is 0. The Morgan fingerprint density at radius 3 is 2.00 bits per heavy atom. The maximum absolute atomic E-state index is 11.6. The molecule has 74 valence electrons. The predicted molar refractivity (Wildman–Crippen MR) is 48.1 cm³/mol. The Balaban J connectivity index is 3.35. The Hall–Kier alpha value is 0.0318. The summed E-state index contributed by atoms with van der Waals surface area (Å²) < 4.78 is 39.4. The molecule has 1 nitrogen and oxygen atoms in total. The Kier molecular flexibility index (Phi) is 4.33. The first-order valence-corrected chi connectivity index (χ1v) is 7.70. The second kappa shape index (κ2) is 4.32. The lowest BCUT2D eigenvalue weighted by Gasteiger charge is -2.18. The minimum absolute atomic E-state index is 0.247. The highest BCUT2D eigenvalue weighted by molar-refractivity contribution is 6.76. The third-order valence-corrected chi connectivity index (χ3v) is 3.01. The SMILES string of the molecule is C[Si](C)(C)CCOC[B-](F)(F)F. The molecule has 0 amide bonds. The van der Waals surface area contributed by atoms with Crippen molar-refractivity contribution in [3.8, 4) is 0 Å². The van der Waals surface area contributed by atoms with E-state index in [0.29, 0.717) is 0 Å². The summed E-state index contributed by atoms with van der Waals surface area (Å²) in [4.78, 5) is 0. The van der Waals surface area contributed by atoms with Gasteiger partial charge in [0.1, 0.15) is 0 Å². The van der Waals surface area contributed by atoms with Gasteiger partial charge in [-0.25, -0.2) is 0 Å². The van der Waals surface area contributed by atoms with Gasteiger partial charge >= 0.3 is 6.98 Å². The van der Waals surface area contributed by atoms with Crippen LogP contribution in [0.1, 0.15) is 0 Å². The van der Waals surface area contributed by atoms with E-state index in [1.807, 2.05) is 0 Å². The van der Waals surface area contributed by atoms with Crippen molar-refractivity contribution in [2.24, 2.45) is 0 Å². The van der Waals surface area contributed by atoms with Crippen LogP contribution in [0.2, 0.25) is 25.7 Å². The highest BCUT2D eigenvalue weighted by Crippen LogP contribution is 2.11. The van der Waals surface area contributed by atoms with Crippen molar-refractivity contribution in [1.82, 2.24) is 0 Å². The average Bonchev–Trinajstić information content (AvgIpc) is 1.76. The zero-order chi connectivity index (χ0) is 9.83. The molecule has 0 bridgehead atoms. The number of ether oxygens (including phenoxy) is 1. The summed E-state index contributed by atoms with van der Waals surface area (Å²) in [5.74, 6) is 0. The largest absolute Gasteiger partial charge is 0.503 e. The van der Waals surface area contributed by atoms with E-state index in [1.54, 1.807) is 0 Å². The molecule has 0 aromatic heterocycles. The number of hydrogen-bond acceptors (Lipinski definition) is 1. The summed E-state index contributed by atoms with van der Waals surface area (Å²) in [5.41, 5.74) is 0. The Morgan fingerprint density at radius 2 is 1.67 bits per heavy atom. The van der Waals surface area contributed by atoms with Crippen molar-refractivity contribution >= 4 is 15.1 Å². The van der Waals surface area contributed by atoms with Crippen molar-refractivity contribution in [2.75, 3.05) is 13.1 Å². The molecule has 0 aliphatic rings. The van der Waals surface area contributed by atoms with Crippen molar-refractivity contribution < 1.29 is 17.7 Å². The van der Waals surface area contributed by atoms with E-state index < -0.39 is 21.6 Å². The molecule has 0 aliphatic carbocycles. The molecule has 0 N–H and O–H groups in total. The van der Waals surface area contributed by atoms with E-state index >= 15 is 0 Å². The van der Waals surface area contributed by atoms with Crippen LogP contribution in [-0.4, -0.2) is 28.2 Å². The van der Waals surface area contributed by atoms with Crippen molar-refractivity contribution in [3.63, 3.8) is 0 Å². The quantitative estimate of drug-likeness (QED) is 0.488. The standard InChI is InChI=1S/C6H15BF3OSi/c1-12(2,3)5-4-11-6-7(8,9)10/h4-6H2,1-3H3/q-1. The highest BCUT2D eigenvalue weighted by Gasteiger charge is 2.23. The van der Waals surface area contributed by atoms with Crippen LogP contribution in [0, 0.1) is 0 Å².